The zero-order chi connectivity index (χ0) is 12.5. The Morgan fingerprint density at radius 2 is 2.19 bits per heavy atom. The molecule has 0 saturated heterocycles. The van der Waals surface area contributed by atoms with Crippen molar-refractivity contribution in [1.82, 2.24) is 0 Å². The second-order valence-electron chi connectivity index (χ2n) is 3.27. The van der Waals surface area contributed by atoms with E-state index >= 15 is 0 Å². The summed E-state index contributed by atoms with van der Waals surface area (Å²) in [5, 5.41) is 13.5. The van der Waals surface area contributed by atoms with Crippen LogP contribution in [0.25, 0.3) is 0 Å². The van der Waals surface area contributed by atoms with Crippen molar-refractivity contribution in [2.75, 3.05) is 5.32 Å². The fourth-order valence-corrected chi connectivity index (χ4v) is 1.96. The van der Waals surface area contributed by atoms with Gasteiger partial charge in [0, 0.05) is 6.07 Å². The Balaban J connectivity index is 3.47. The number of hydrogen-bond acceptors (Lipinski definition) is 3. The van der Waals surface area contributed by atoms with Crippen molar-refractivity contribution in [3.05, 3.63) is 31.8 Å². The van der Waals surface area contributed by atoms with Crippen LogP contribution < -0.4 is 11.1 Å². The lowest BCUT2D eigenvalue weighted by Crippen LogP contribution is -2.20. The molecule has 1 rings (SSSR count). The Hall–Kier alpha value is -1.21. The number of anilines is 1. The van der Waals surface area contributed by atoms with Crippen LogP contribution in [-0.4, -0.2) is 10.0 Å². The minimum absolute atomic E-state index is 0.00736. The number of rotatable bonds is 2. The molecule has 0 fully saturated rings. The van der Waals surface area contributed by atoms with E-state index in [9.17, 15) is 10.1 Å². The van der Waals surface area contributed by atoms with Gasteiger partial charge in [-0.25, -0.2) is 0 Å². The van der Waals surface area contributed by atoms with Gasteiger partial charge in [0.2, 0.25) is 0 Å². The van der Waals surface area contributed by atoms with Gasteiger partial charge in [-0.2, -0.15) is 0 Å². The second kappa shape index (κ2) is 4.75. The first kappa shape index (κ1) is 12.9. The summed E-state index contributed by atoms with van der Waals surface area (Å²) in [6.45, 7) is 3.66. The number of aryl methyl sites for hydroxylation is 1. The number of thiocarbonyl (C=S) groups is 1. The van der Waals surface area contributed by atoms with Crippen molar-refractivity contribution in [3.8, 4) is 0 Å². The van der Waals surface area contributed by atoms with Gasteiger partial charge < -0.3 is 11.1 Å². The van der Waals surface area contributed by atoms with E-state index in [0.717, 1.165) is 11.1 Å². The van der Waals surface area contributed by atoms with Crippen LogP contribution in [0.3, 0.4) is 0 Å². The monoisotopic (exact) mass is 303 g/mol. The topological polar surface area (TPSA) is 81.2 Å². The average Bonchev–Trinajstić information content (AvgIpc) is 2.17. The normalized spacial score (nSPS) is 9.94. The number of benzene rings is 1. The van der Waals surface area contributed by atoms with Crippen LogP contribution in [0.15, 0.2) is 10.5 Å². The fraction of sp³-hybridized carbons (Fsp3) is 0.222. The van der Waals surface area contributed by atoms with E-state index in [4.69, 9.17) is 5.73 Å². The molecule has 86 valence electrons. The van der Waals surface area contributed by atoms with Gasteiger partial charge in [-0.15, -0.1) is 0 Å². The summed E-state index contributed by atoms with van der Waals surface area (Å²) in [6, 6.07) is 1.49. The van der Waals surface area contributed by atoms with Crippen LogP contribution in [0.1, 0.15) is 11.1 Å². The Morgan fingerprint density at radius 1 is 1.62 bits per heavy atom. The summed E-state index contributed by atoms with van der Waals surface area (Å²) in [5.74, 6) is 0. The third-order valence-electron chi connectivity index (χ3n) is 2.19. The van der Waals surface area contributed by atoms with Gasteiger partial charge in [-0.1, -0.05) is 0 Å². The highest BCUT2D eigenvalue weighted by atomic mass is 79.9. The standard InChI is InChI=1S/C9H10BrN3O2S/c1-4-3-6(13(14)15)8(12-9(11)16)7(10)5(4)2/h3H,1-2H3,(H3,11,12,16). The van der Waals surface area contributed by atoms with E-state index in [1.54, 1.807) is 6.92 Å². The van der Waals surface area contributed by atoms with Crippen LogP contribution in [0, 0.1) is 24.0 Å². The lowest BCUT2D eigenvalue weighted by molar-refractivity contribution is -0.384. The highest BCUT2D eigenvalue weighted by Crippen LogP contribution is 2.36. The predicted octanol–water partition coefficient (Wildman–Crippen LogP) is 2.63. The third kappa shape index (κ3) is 2.48. The van der Waals surface area contributed by atoms with Crippen molar-refractivity contribution in [2.45, 2.75) is 13.8 Å². The number of halogens is 1. The van der Waals surface area contributed by atoms with E-state index in [2.05, 4.69) is 33.5 Å². The highest BCUT2D eigenvalue weighted by molar-refractivity contribution is 9.10. The van der Waals surface area contributed by atoms with Gasteiger partial charge in [-0.05, 0) is 53.1 Å². The minimum Gasteiger partial charge on any atom is -0.376 e. The molecule has 0 amide bonds. The molecule has 0 aliphatic rings. The van der Waals surface area contributed by atoms with Gasteiger partial charge in [0.1, 0.15) is 5.69 Å². The number of nitrogens with two attached hydrogens (primary N) is 1. The molecule has 3 N–H and O–H groups in total. The van der Waals surface area contributed by atoms with E-state index in [0.29, 0.717) is 10.2 Å². The van der Waals surface area contributed by atoms with Crippen LogP contribution in [0.2, 0.25) is 0 Å². The van der Waals surface area contributed by atoms with Gasteiger partial charge in [0.05, 0.1) is 9.40 Å². The molecule has 1 aromatic rings. The number of nitrogens with zero attached hydrogens (tertiary/aromatic N) is 1. The molecular formula is C9H10BrN3O2S. The molecule has 0 saturated carbocycles. The molecule has 0 bridgehead atoms. The van der Waals surface area contributed by atoms with Gasteiger partial charge in [-0.3, -0.25) is 10.1 Å². The molecule has 0 unspecified atom stereocenters. The fourth-order valence-electron chi connectivity index (χ4n) is 1.24. The molecule has 0 aromatic heterocycles. The number of nitro benzene ring substituents is 1. The molecule has 0 spiro atoms. The molecule has 16 heavy (non-hydrogen) atoms. The van der Waals surface area contributed by atoms with Crippen molar-refractivity contribution < 1.29 is 4.92 Å². The summed E-state index contributed by atoms with van der Waals surface area (Å²) in [6.07, 6.45) is 0. The van der Waals surface area contributed by atoms with Crippen LogP contribution in [-0.2, 0) is 0 Å². The minimum atomic E-state index is -0.474. The van der Waals surface area contributed by atoms with E-state index < -0.39 is 4.92 Å². The molecule has 0 heterocycles. The lowest BCUT2D eigenvalue weighted by atomic mass is 10.1. The van der Waals surface area contributed by atoms with E-state index in [1.807, 2.05) is 6.92 Å². The summed E-state index contributed by atoms with van der Waals surface area (Å²) in [7, 11) is 0. The smallest absolute Gasteiger partial charge is 0.294 e. The van der Waals surface area contributed by atoms with Crippen molar-refractivity contribution in [3.63, 3.8) is 0 Å². The van der Waals surface area contributed by atoms with Crippen LogP contribution in [0.4, 0.5) is 11.4 Å². The van der Waals surface area contributed by atoms with Gasteiger partial charge >= 0.3 is 0 Å². The first-order valence-corrected chi connectivity index (χ1v) is 5.55. The van der Waals surface area contributed by atoms with Crippen molar-refractivity contribution in [1.29, 1.82) is 0 Å². The summed E-state index contributed by atoms with van der Waals surface area (Å²) < 4.78 is 0.604. The van der Waals surface area contributed by atoms with Crippen molar-refractivity contribution in [2.24, 2.45) is 5.73 Å². The van der Waals surface area contributed by atoms with Crippen LogP contribution in [0.5, 0.6) is 0 Å². The first-order valence-electron chi connectivity index (χ1n) is 4.35. The summed E-state index contributed by atoms with van der Waals surface area (Å²) in [4.78, 5) is 10.4. The zero-order valence-electron chi connectivity index (χ0n) is 8.70. The molecule has 5 nitrogen and oxygen atoms in total. The van der Waals surface area contributed by atoms with E-state index in [1.165, 1.54) is 6.07 Å². The number of nitro groups is 1. The SMILES string of the molecule is Cc1cc([N+](=O)[O-])c(NC(N)=S)c(Br)c1C. The predicted molar refractivity (Wildman–Crippen MR) is 70.7 cm³/mol. The first-order chi connectivity index (χ1) is 7.34. The maximum Gasteiger partial charge on any atom is 0.294 e. The number of hydrogen-bond donors (Lipinski definition) is 2. The Bertz CT molecular complexity index is 476. The van der Waals surface area contributed by atoms with Gasteiger partial charge in [0.15, 0.2) is 5.11 Å². The second-order valence-corrected chi connectivity index (χ2v) is 4.51. The van der Waals surface area contributed by atoms with Crippen molar-refractivity contribution >= 4 is 44.6 Å². The Morgan fingerprint density at radius 3 is 2.62 bits per heavy atom. The molecule has 1 aromatic carbocycles. The molecule has 0 atom stereocenters. The molecule has 0 aliphatic heterocycles. The highest BCUT2D eigenvalue weighted by Gasteiger charge is 2.20. The maximum atomic E-state index is 10.9. The molecule has 7 heteroatoms. The number of nitrogens with one attached hydrogen (secondary N) is 1. The zero-order valence-corrected chi connectivity index (χ0v) is 11.1. The van der Waals surface area contributed by atoms with Gasteiger partial charge in [0.25, 0.3) is 5.69 Å². The molecular weight excluding hydrogens is 294 g/mol. The summed E-state index contributed by atoms with van der Waals surface area (Å²) in [5.41, 5.74) is 7.30. The van der Waals surface area contributed by atoms with Crippen LogP contribution >= 0.6 is 28.1 Å². The Kier molecular flexibility index (Phi) is 3.82. The van der Waals surface area contributed by atoms with E-state index in [-0.39, 0.29) is 10.8 Å². The third-order valence-corrected chi connectivity index (χ3v) is 3.29. The Labute approximate surface area is 106 Å². The summed E-state index contributed by atoms with van der Waals surface area (Å²) >= 11 is 7.98. The maximum absolute atomic E-state index is 10.9. The molecule has 0 aliphatic carbocycles. The largest absolute Gasteiger partial charge is 0.376 e. The quantitative estimate of drug-likeness (QED) is 0.499. The lowest BCUT2D eigenvalue weighted by Gasteiger charge is -2.11. The molecule has 0 radical (unpaired) electrons. The average molecular weight is 304 g/mol.